The molecule has 0 spiro atoms. The summed E-state index contributed by atoms with van der Waals surface area (Å²) in [6, 6.07) is 16.2. The van der Waals surface area contributed by atoms with Crippen molar-refractivity contribution in [3.05, 3.63) is 54.1 Å². The van der Waals surface area contributed by atoms with E-state index in [9.17, 15) is 5.11 Å². The summed E-state index contributed by atoms with van der Waals surface area (Å²) in [7, 11) is 0. The van der Waals surface area contributed by atoms with Crippen LogP contribution in [0.25, 0.3) is 0 Å². The lowest BCUT2D eigenvalue weighted by Crippen LogP contribution is -1.96. The largest absolute Gasteiger partial charge is 0.508 e. The van der Waals surface area contributed by atoms with E-state index in [1.165, 1.54) is 53.9 Å². The van der Waals surface area contributed by atoms with E-state index < -0.39 is 0 Å². The van der Waals surface area contributed by atoms with Crippen molar-refractivity contribution in [3.8, 4) is 5.75 Å². The van der Waals surface area contributed by atoms with Gasteiger partial charge in [-0.3, -0.25) is 0 Å². The Kier molecular flexibility index (Phi) is 7.54. The summed E-state index contributed by atoms with van der Waals surface area (Å²) in [6.45, 7) is 4.61. The van der Waals surface area contributed by atoms with Crippen LogP contribution in [0.5, 0.6) is 5.75 Å². The third-order valence-corrected chi connectivity index (χ3v) is 5.35. The van der Waals surface area contributed by atoms with Gasteiger partial charge in [0.2, 0.25) is 0 Å². The standard InChI is InChI=1S/C21H28OS/c1-3-4-5-6-7-10-17(2)20-11-8-9-12-21(20)23-19-15-13-18(22)14-16-19/h8-9,11-17,22H,3-7,10H2,1-2H3. The number of benzene rings is 2. The summed E-state index contributed by atoms with van der Waals surface area (Å²) in [6.07, 6.45) is 7.97. The first-order valence-corrected chi connectivity index (χ1v) is 9.58. The maximum absolute atomic E-state index is 9.41. The van der Waals surface area contributed by atoms with E-state index in [4.69, 9.17) is 0 Å². The Balaban J connectivity index is 1.97. The van der Waals surface area contributed by atoms with Gasteiger partial charge in [-0.25, -0.2) is 0 Å². The number of phenolic OH excluding ortho intramolecular Hbond substituents is 1. The van der Waals surface area contributed by atoms with Crippen LogP contribution in [-0.4, -0.2) is 5.11 Å². The molecule has 1 N–H and O–H groups in total. The predicted octanol–water partition coefficient (Wildman–Crippen LogP) is 7.01. The smallest absolute Gasteiger partial charge is 0.115 e. The van der Waals surface area contributed by atoms with Gasteiger partial charge < -0.3 is 5.11 Å². The molecule has 2 aromatic rings. The highest BCUT2D eigenvalue weighted by Gasteiger charge is 2.11. The molecule has 0 amide bonds. The molecule has 1 unspecified atom stereocenters. The molecule has 0 fully saturated rings. The number of unbranched alkanes of at least 4 members (excludes halogenated alkanes) is 4. The zero-order chi connectivity index (χ0) is 16.5. The lowest BCUT2D eigenvalue weighted by molar-refractivity contribution is 0.475. The Morgan fingerprint density at radius 3 is 2.35 bits per heavy atom. The van der Waals surface area contributed by atoms with Crippen LogP contribution >= 0.6 is 11.8 Å². The van der Waals surface area contributed by atoms with Gasteiger partial charge in [0.15, 0.2) is 0 Å². The van der Waals surface area contributed by atoms with E-state index in [2.05, 4.69) is 38.1 Å². The zero-order valence-electron chi connectivity index (χ0n) is 14.3. The molecule has 2 aromatic carbocycles. The van der Waals surface area contributed by atoms with Gasteiger partial charge in [-0.15, -0.1) is 0 Å². The maximum Gasteiger partial charge on any atom is 0.115 e. The molecule has 0 heterocycles. The quantitative estimate of drug-likeness (QED) is 0.500. The van der Waals surface area contributed by atoms with Crippen LogP contribution in [0.15, 0.2) is 58.3 Å². The normalized spacial score (nSPS) is 12.3. The van der Waals surface area contributed by atoms with E-state index in [0.29, 0.717) is 11.7 Å². The summed E-state index contributed by atoms with van der Waals surface area (Å²) in [5, 5.41) is 9.41. The van der Waals surface area contributed by atoms with Gasteiger partial charge in [-0.05, 0) is 48.2 Å². The highest BCUT2D eigenvalue weighted by Crippen LogP contribution is 2.36. The molecule has 0 bridgehead atoms. The molecule has 0 aliphatic rings. The highest BCUT2D eigenvalue weighted by atomic mass is 32.2. The first-order chi connectivity index (χ1) is 11.2. The summed E-state index contributed by atoms with van der Waals surface area (Å²) in [4.78, 5) is 2.50. The molecule has 2 heteroatoms. The molecule has 1 atom stereocenters. The van der Waals surface area contributed by atoms with E-state index >= 15 is 0 Å². The van der Waals surface area contributed by atoms with Gasteiger partial charge in [-0.2, -0.15) is 0 Å². The Morgan fingerprint density at radius 2 is 1.61 bits per heavy atom. The van der Waals surface area contributed by atoms with Gasteiger partial charge >= 0.3 is 0 Å². The zero-order valence-corrected chi connectivity index (χ0v) is 15.1. The van der Waals surface area contributed by atoms with Gasteiger partial charge in [-0.1, -0.05) is 75.9 Å². The molecule has 0 radical (unpaired) electrons. The minimum absolute atomic E-state index is 0.322. The second kappa shape index (κ2) is 9.67. The fourth-order valence-electron chi connectivity index (χ4n) is 2.83. The molecular formula is C21H28OS. The minimum Gasteiger partial charge on any atom is -0.508 e. The first-order valence-electron chi connectivity index (χ1n) is 8.76. The molecule has 0 aromatic heterocycles. The van der Waals surface area contributed by atoms with Crippen LogP contribution in [0.1, 0.15) is 63.9 Å². The molecular weight excluding hydrogens is 300 g/mol. The number of phenols is 1. The molecule has 0 saturated heterocycles. The van der Waals surface area contributed by atoms with Gasteiger partial charge in [0.05, 0.1) is 0 Å². The average Bonchev–Trinajstić information content (AvgIpc) is 2.57. The Bertz CT molecular complexity index is 577. The molecule has 23 heavy (non-hydrogen) atoms. The number of rotatable bonds is 9. The predicted molar refractivity (Wildman–Crippen MR) is 100 cm³/mol. The van der Waals surface area contributed by atoms with Crippen LogP contribution in [0.3, 0.4) is 0 Å². The van der Waals surface area contributed by atoms with Gasteiger partial charge in [0, 0.05) is 9.79 Å². The van der Waals surface area contributed by atoms with E-state index in [1.54, 1.807) is 23.9 Å². The van der Waals surface area contributed by atoms with Crippen molar-refractivity contribution >= 4 is 11.8 Å². The molecule has 124 valence electrons. The van der Waals surface area contributed by atoms with Crippen molar-refractivity contribution in [2.75, 3.05) is 0 Å². The third kappa shape index (κ3) is 5.95. The molecule has 0 aliphatic carbocycles. The Hall–Kier alpha value is -1.41. The summed E-state index contributed by atoms with van der Waals surface area (Å²) < 4.78 is 0. The minimum atomic E-state index is 0.322. The second-order valence-corrected chi connectivity index (χ2v) is 7.35. The fraction of sp³-hybridized carbons (Fsp3) is 0.429. The van der Waals surface area contributed by atoms with Crippen molar-refractivity contribution in [1.29, 1.82) is 0 Å². The van der Waals surface area contributed by atoms with Crippen molar-refractivity contribution in [3.63, 3.8) is 0 Å². The van der Waals surface area contributed by atoms with Crippen molar-refractivity contribution in [2.24, 2.45) is 0 Å². The van der Waals surface area contributed by atoms with E-state index in [0.717, 1.165) is 0 Å². The average molecular weight is 329 g/mol. The maximum atomic E-state index is 9.41. The highest BCUT2D eigenvalue weighted by molar-refractivity contribution is 7.99. The van der Waals surface area contributed by atoms with Crippen LogP contribution in [0, 0.1) is 0 Å². The molecule has 0 aliphatic heterocycles. The third-order valence-electron chi connectivity index (χ3n) is 4.26. The van der Waals surface area contributed by atoms with Gasteiger partial charge in [0.25, 0.3) is 0 Å². The van der Waals surface area contributed by atoms with Crippen LogP contribution in [-0.2, 0) is 0 Å². The molecule has 1 nitrogen and oxygen atoms in total. The number of hydrogen-bond acceptors (Lipinski definition) is 2. The van der Waals surface area contributed by atoms with Gasteiger partial charge in [0.1, 0.15) is 5.75 Å². The summed E-state index contributed by atoms with van der Waals surface area (Å²) >= 11 is 1.79. The monoisotopic (exact) mass is 328 g/mol. The van der Waals surface area contributed by atoms with Crippen molar-refractivity contribution in [2.45, 2.75) is 68.1 Å². The lowest BCUT2D eigenvalue weighted by atomic mass is 9.95. The van der Waals surface area contributed by atoms with E-state index in [1.807, 2.05) is 12.1 Å². The second-order valence-electron chi connectivity index (χ2n) is 6.24. The van der Waals surface area contributed by atoms with Crippen LogP contribution in [0.4, 0.5) is 0 Å². The summed E-state index contributed by atoms with van der Waals surface area (Å²) in [5.41, 5.74) is 1.45. The van der Waals surface area contributed by atoms with Crippen molar-refractivity contribution in [1.82, 2.24) is 0 Å². The topological polar surface area (TPSA) is 20.2 Å². The summed E-state index contributed by atoms with van der Waals surface area (Å²) in [5.74, 6) is 0.917. The SMILES string of the molecule is CCCCCCCC(C)c1ccccc1Sc1ccc(O)cc1. The van der Waals surface area contributed by atoms with Crippen LogP contribution < -0.4 is 0 Å². The van der Waals surface area contributed by atoms with E-state index in [-0.39, 0.29) is 0 Å². The van der Waals surface area contributed by atoms with Crippen molar-refractivity contribution < 1.29 is 5.11 Å². The molecule has 0 saturated carbocycles. The number of hydrogen-bond donors (Lipinski definition) is 1. The Labute approximate surface area is 145 Å². The molecule has 2 rings (SSSR count). The number of aromatic hydroxyl groups is 1. The van der Waals surface area contributed by atoms with Crippen LogP contribution in [0.2, 0.25) is 0 Å². The first kappa shape index (κ1) is 17.9. The Morgan fingerprint density at radius 1 is 0.913 bits per heavy atom. The fourth-order valence-corrected chi connectivity index (χ4v) is 3.89. The lowest BCUT2D eigenvalue weighted by Gasteiger charge is -2.16.